The van der Waals surface area contributed by atoms with Gasteiger partial charge in [-0.25, -0.2) is 0 Å². The van der Waals surface area contributed by atoms with Crippen LogP contribution in [0.4, 0.5) is 0 Å². The molecule has 2 N–H and O–H groups in total. The molecule has 1 heterocycles. The minimum absolute atomic E-state index is 0.310. The lowest BCUT2D eigenvalue weighted by atomic mass is 10.1. The molecule has 0 saturated heterocycles. The highest BCUT2D eigenvalue weighted by atomic mass is 16.3. The first-order valence-corrected chi connectivity index (χ1v) is 5.61. The first-order valence-electron chi connectivity index (χ1n) is 5.61. The molecule has 0 bridgehead atoms. The van der Waals surface area contributed by atoms with Crippen molar-refractivity contribution < 1.29 is 5.11 Å². The maximum Gasteiger partial charge on any atom is 0.0534 e. The molecule has 0 aliphatic heterocycles. The minimum atomic E-state index is 0.310. The zero-order valence-electron chi connectivity index (χ0n) is 9.19. The molecule has 0 aromatic carbocycles. The van der Waals surface area contributed by atoms with Crippen molar-refractivity contribution in [2.24, 2.45) is 13.0 Å². The van der Waals surface area contributed by atoms with Gasteiger partial charge in [0.25, 0.3) is 0 Å². The minimum Gasteiger partial charge on any atom is -0.396 e. The lowest BCUT2D eigenvalue weighted by Gasteiger charge is -2.18. The lowest BCUT2D eigenvalue weighted by molar-refractivity contribution is 0.205. The van der Waals surface area contributed by atoms with Crippen LogP contribution in [-0.4, -0.2) is 27.5 Å². The molecular weight excluding hydrogens is 190 g/mol. The van der Waals surface area contributed by atoms with E-state index in [0.717, 1.165) is 13.0 Å². The van der Waals surface area contributed by atoms with Crippen molar-refractivity contribution in [3.8, 4) is 0 Å². The number of nitrogens with zero attached hydrogens (tertiary/aromatic N) is 2. The average Bonchev–Trinajstić information content (AvgIpc) is 2.83. The first-order chi connectivity index (χ1) is 7.29. The highest BCUT2D eigenvalue weighted by Crippen LogP contribution is 2.25. The van der Waals surface area contributed by atoms with Crippen LogP contribution in [0.5, 0.6) is 0 Å². The van der Waals surface area contributed by atoms with Crippen molar-refractivity contribution in [1.82, 2.24) is 15.1 Å². The van der Waals surface area contributed by atoms with Gasteiger partial charge in [0.05, 0.1) is 6.20 Å². The summed E-state index contributed by atoms with van der Waals surface area (Å²) in [6, 6.07) is 0.482. The SMILES string of the molecule is Cn1cc(CNC2CCCC2CO)cn1. The van der Waals surface area contributed by atoms with Crippen molar-refractivity contribution in [2.75, 3.05) is 6.61 Å². The van der Waals surface area contributed by atoms with E-state index in [1.807, 2.05) is 24.1 Å². The lowest BCUT2D eigenvalue weighted by Crippen LogP contribution is -2.33. The Bertz CT molecular complexity index is 311. The Morgan fingerprint density at radius 2 is 2.47 bits per heavy atom. The molecule has 1 saturated carbocycles. The highest BCUT2D eigenvalue weighted by molar-refractivity contribution is 5.03. The van der Waals surface area contributed by atoms with Crippen molar-refractivity contribution >= 4 is 0 Å². The molecule has 84 valence electrons. The Morgan fingerprint density at radius 3 is 3.13 bits per heavy atom. The standard InChI is InChI=1S/C11H19N3O/c1-14-7-9(6-13-14)5-12-11-4-2-3-10(11)8-15/h6-7,10-12,15H,2-5,8H2,1H3. The Balaban J connectivity index is 1.82. The summed E-state index contributed by atoms with van der Waals surface area (Å²) >= 11 is 0. The van der Waals surface area contributed by atoms with Gasteiger partial charge in [0.2, 0.25) is 0 Å². The average molecular weight is 209 g/mol. The van der Waals surface area contributed by atoms with Crippen LogP contribution < -0.4 is 5.32 Å². The molecule has 2 rings (SSSR count). The van der Waals surface area contributed by atoms with E-state index in [2.05, 4.69) is 10.4 Å². The van der Waals surface area contributed by atoms with Gasteiger partial charge in [0, 0.05) is 38.0 Å². The van der Waals surface area contributed by atoms with Crippen LogP contribution in [0.1, 0.15) is 24.8 Å². The molecule has 1 aromatic heterocycles. The van der Waals surface area contributed by atoms with E-state index in [1.54, 1.807) is 0 Å². The molecule has 2 atom stereocenters. The summed E-state index contributed by atoms with van der Waals surface area (Å²) in [5.41, 5.74) is 1.21. The summed E-state index contributed by atoms with van der Waals surface area (Å²) in [6.45, 7) is 1.17. The smallest absolute Gasteiger partial charge is 0.0534 e. The summed E-state index contributed by atoms with van der Waals surface area (Å²) in [5, 5.41) is 16.8. The Hall–Kier alpha value is -0.870. The van der Waals surface area contributed by atoms with Crippen LogP contribution in [0.3, 0.4) is 0 Å². The molecule has 0 amide bonds. The number of aryl methyl sites for hydroxylation is 1. The van der Waals surface area contributed by atoms with Gasteiger partial charge < -0.3 is 10.4 Å². The number of rotatable bonds is 4. The summed E-state index contributed by atoms with van der Waals surface area (Å²) in [5.74, 6) is 0.446. The Kier molecular flexibility index (Phi) is 3.38. The van der Waals surface area contributed by atoms with Crippen molar-refractivity contribution in [1.29, 1.82) is 0 Å². The fourth-order valence-corrected chi connectivity index (χ4v) is 2.34. The van der Waals surface area contributed by atoms with Crippen molar-refractivity contribution in [3.63, 3.8) is 0 Å². The zero-order valence-corrected chi connectivity index (χ0v) is 9.19. The third kappa shape index (κ3) is 2.58. The van der Waals surface area contributed by atoms with Crippen LogP contribution in [-0.2, 0) is 13.6 Å². The summed E-state index contributed by atoms with van der Waals surface area (Å²) in [7, 11) is 1.93. The predicted molar refractivity (Wildman–Crippen MR) is 58.3 cm³/mol. The van der Waals surface area contributed by atoms with Crippen LogP contribution in [0, 0.1) is 5.92 Å². The Labute approximate surface area is 90.3 Å². The van der Waals surface area contributed by atoms with E-state index in [0.29, 0.717) is 18.6 Å². The molecule has 1 aliphatic carbocycles. The maximum absolute atomic E-state index is 9.18. The fourth-order valence-electron chi connectivity index (χ4n) is 2.34. The van der Waals surface area contributed by atoms with Crippen LogP contribution in [0.25, 0.3) is 0 Å². The number of nitrogens with one attached hydrogen (secondary N) is 1. The van der Waals surface area contributed by atoms with Gasteiger partial charge in [-0.15, -0.1) is 0 Å². The van der Waals surface area contributed by atoms with Gasteiger partial charge in [-0.3, -0.25) is 4.68 Å². The summed E-state index contributed by atoms with van der Waals surface area (Å²) in [4.78, 5) is 0. The highest BCUT2D eigenvalue weighted by Gasteiger charge is 2.25. The Morgan fingerprint density at radius 1 is 1.60 bits per heavy atom. The number of aliphatic hydroxyl groups is 1. The molecule has 2 unspecified atom stereocenters. The van der Waals surface area contributed by atoms with Gasteiger partial charge in [0.1, 0.15) is 0 Å². The fraction of sp³-hybridized carbons (Fsp3) is 0.727. The van der Waals surface area contributed by atoms with Gasteiger partial charge in [-0.05, 0) is 18.8 Å². The molecule has 15 heavy (non-hydrogen) atoms. The quantitative estimate of drug-likeness (QED) is 0.766. The van der Waals surface area contributed by atoms with Crippen LogP contribution in [0.15, 0.2) is 12.4 Å². The van der Waals surface area contributed by atoms with Crippen molar-refractivity contribution in [3.05, 3.63) is 18.0 Å². The molecule has 0 spiro atoms. The molecule has 1 fully saturated rings. The second-order valence-corrected chi connectivity index (χ2v) is 4.38. The number of aromatic nitrogens is 2. The van der Waals surface area contributed by atoms with E-state index < -0.39 is 0 Å². The van der Waals surface area contributed by atoms with E-state index in [-0.39, 0.29) is 0 Å². The van der Waals surface area contributed by atoms with E-state index in [9.17, 15) is 5.11 Å². The van der Waals surface area contributed by atoms with Gasteiger partial charge in [-0.1, -0.05) is 6.42 Å². The summed E-state index contributed by atoms with van der Waals surface area (Å²) < 4.78 is 1.81. The molecule has 4 heteroatoms. The van der Waals surface area contributed by atoms with Gasteiger partial charge in [0.15, 0.2) is 0 Å². The largest absolute Gasteiger partial charge is 0.396 e. The van der Waals surface area contributed by atoms with Gasteiger partial charge in [-0.2, -0.15) is 5.10 Å². The molecular formula is C11H19N3O. The van der Waals surface area contributed by atoms with E-state index in [1.165, 1.54) is 18.4 Å². The first kappa shape index (κ1) is 10.6. The van der Waals surface area contributed by atoms with Gasteiger partial charge >= 0.3 is 0 Å². The topological polar surface area (TPSA) is 50.1 Å². The van der Waals surface area contributed by atoms with E-state index >= 15 is 0 Å². The monoisotopic (exact) mass is 209 g/mol. The second kappa shape index (κ2) is 4.77. The zero-order chi connectivity index (χ0) is 10.7. The van der Waals surface area contributed by atoms with Crippen molar-refractivity contribution in [2.45, 2.75) is 31.8 Å². The second-order valence-electron chi connectivity index (χ2n) is 4.38. The molecule has 1 aliphatic rings. The molecule has 1 aromatic rings. The van der Waals surface area contributed by atoms with E-state index in [4.69, 9.17) is 0 Å². The summed E-state index contributed by atoms with van der Waals surface area (Å²) in [6.07, 6.45) is 7.48. The van der Waals surface area contributed by atoms with Crippen LogP contribution >= 0.6 is 0 Å². The number of aliphatic hydroxyl groups excluding tert-OH is 1. The number of hydrogen-bond donors (Lipinski definition) is 2. The third-order valence-corrected chi connectivity index (χ3v) is 3.22. The van der Waals surface area contributed by atoms with Crippen LogP contribution in [0.2, 0.25) is 0 Å². The third-order valence-electron chi connectivity index (χ3n) is 3.22. The number of hydrogen-bond acceptors (Lipinski definition) is 3. The maximum atomic E-state index is 9.18. The predicted octanol–water partition coefficient (Wildman–Crippen LogP) is 0.671. The normalized spacial score (nSPS) is 26.0. The molecule has 0 radical (unpaired) electrons. The molecule has 4 nitrogen and oxygen atoms in total.